The molecule has 3 atom stereocenters. The lowest BCUT2D eigenvalue weighted by Crippen LogP contribution is -2.47. The Kier molecular flexibility index (Phi) is 1.65. The van der Waals surface area contributed by atoms with Gasteiger partial charge in [0.2, 0.25) is 0 Å². The van der Waals surface area contributed by atoms with Gasteiger partial charge in [-0.25, -0.2) is 4.98 Å². The lowest BCUT2D eigenvalue weighted by Gasteiger charge is -2.47. The van der Waals surface area contributed by atoms with E-state index in [0.29, 0.717) is 5.92 Å². The fourth-order valence-corrected chi connectivity index (χ4v) is 2.80. The summed E-state index contributed by atoms with van der Waals surface area (Å²) >= 11 is 0. The Labute approximate surface area is 78.0 Å². The molecular formula is C10H15N3. The zero-order valence-electron chi connectivity index (χ0n) is 7.66. The molecule has 1 aliphatic heterocycles. The SMILES string of the molecule is c1c[nH]c([C@H]2C[C@@H]3CCNC[C@@H]32)n1. The Morgan fingerprint density at radius 2 is 2.46 bits per heavy atom. The Morgan fingerprint density at radius 1 is 1.46 bits per heavy atom. The Morgan fingerprint density at radius 3 is 3.23 bits per heavy atom. The van der Waals surface area contributed by atoms with Crippen LogP contribution >= 0.6 is 0 Å². The maximum Gasteiger partial charge on any atom is 0.109 e. The second-order valence-corrected chi connectivity index (χ2v) is 4.23. The third-order valence-corrected chi connectivity index (χ3v) is 3.62. The van der Waals surface area contributed by atoms with Gasteiger partial charge in [-0.2, -0.15) is 0 Å². The van der Waals surface area contributed by atoms with E-state index in [1.807, 2.05) is 12.4 Å². The third kappa shape index (κ3) is 1.10. The first-order chi connectivity index (χ1) is 6.45. The summed E-state index contributed by atoms with van der Waals surface area (Å²) in [7, 11) is 0. The van der Waals surface area contributed by atoms with Crippen LogP contribution in [0.25, 0.3) is 0 Å². The maximum absolute atomic E-state index is 4.35. The standard InChI is InChI=1S/C10H15N3/c1-2-11-6-9-7(1)5-8(9)10-12-3-4-13-10/h3-4,7-9,11H,1-2,5-6H2,(H,12,13)/t7-,8-,9-/m0/s1. The lowest BCUT2D eigenvalue weighted by atomic mass is 9.62. The van der Waals surface area contributed by atoms with Gasteiger partial charge in [0.15, 0.2) is 0 Å². The number of aromatic amines is 1. The minimum Gasteiger partial charge on any atom is -0.348 e. The van der Waals surface area contributed by atoms with Crippen molar-refractivity contribution in [1.82, 2.24) is 15.3 Å². The predicted octanol–water partition coefficient (Wildman–Crippen LogP) is 1.12. The Bertz CT molecular complexity index is 280. The molecule has 2 N–H and O–H groups in total. The van der Waals surface area contributed by atoms with Crippen molar-refractivity contribution in [3.8, 4) is 0 Å². The van der Waals surface area contributed by atoms with Gasteiger partial charge in [-0.15, -0.1) is 0 Å². The largest absolute Gasteiger partial charge is 0.348 e. The molecule has 0 amide bonds. The monoisotopic (exact) mass is 177 g/mol. The van der Waals surface area contributed by atoms with Crippen molar-refractivity contribution in [2.45, 2.75) is 18.8 Å². The van der Waals surface area contributed by atoms with E-state index in [2.05, 4.69) is 15.3 Å². The zero-order chi connectivity index (χ0) is 8.67. The molecule has 0 radical (unpaired) electrons. The number of fused-ring (bicyclic) bond motifs is 1. The number of piperidine rings is 1. The van der Waals surface area contributed by atoms with Gasteiger partial charge in [0.1, 0.15) is 5.82 Å². The molecule has 0 spiro atoms. The van der Waals surface area contributed by atoms with Gasteiger partial charge in [0.05, 0.1) is 0 Å². The van der Waals surface area contributed by atoms with Crippen molar-refractivity contribution in [1.29, 1.82) is 0 Å². The quantitative estimate of drug-likeness (QED) is 0.675. The number of hydrogen-bond donors (Lipinski definition) is 2. The number of nitrogens with one attached hydrogen (secondary N) is 2. The molecule has 1 saturated heterocycles. The number of rotatable bonds is 1. The summed E-state index contributed by atoms with van der Waals surface area (Å²) in [6.45, 7) is 2.40. The summed E-state index contributed by atoms with van der Waals surface area (Å²) in [4.78, 5) is 7.58. The molecule has 0 unspecified atom stereocenters. The van der Waals surface area contributed by atoms with Gasteiger partial charge in [-0.1, -0.05) is 0 Å². The molecule has 1 aliphatic carbocycles. The zero-order valence-corrected chi connectivity index (χ0v) is 7.66. The van der Waals surface area contributed by atoms with E-state index in [-0.39, 0.29) is 0 Å². The molecule has 1 aromatic rings. The van der Waals surface area contributed by atoms with E-state index in [0.717, 1.165) is 11.8 Å². The van der Waals surface area contributed by atoms with E-state index in [1.54, 1.807) is 0 Å². The van der Waals surface area contributed by atoms with Gasteiger partial charge >= 0.3 is 0 Å². The lowest BCUT2D eigenvalue weighted by molar-refractivity contribution is 0.0887. The first-order valence-electron chi connectivity index (χ1n) is 5.15. The molecule has 3 rings (SSSR count). The summed E-state index contributed by atoms with van der Waals surface area (Å²) in [5.41, 5.74) is 0. The highest BCUT2D eigenvalue weighted by Gasteiger charge is 2.43. The second kappa shape index (κ2) is 2.84. The summed E-state index contributed by atoms with van der Waals surface area (Å²) in [5, 5.41) is 3.47. The Balaban J connectivity index is 1.75. The van der Waals surface area contributed by atoms with E-state index in [1.165, 1.54) is 31.8 Å². The minimum absolute atomic E-state index is 0.702. The number of hydrogen-bond acceptors (Lipinski definition) is 2. The first-order valence-corrected chi connectivity index (χ1v) is 5.15. The molecule has 3 nitrogen and oxygen atoms in total. The molecule has 2 aliphatic rings. The molecule has 2 fully saturated rings. The first kappa shape index (κ1) is 7.56. The van der Waals surface area contributed by atoms with Crippen LogP contribution in [0.2, 0.25) is 0 Å². The van der Waals surface area contributed by atoms with Crippen LogP contribution in [-0.4, -0.2) is 23.1 Å². The highest BCUT2D eigenvalue weighted by atomic mass is 14.9. The van der Waals surface area contributed by atoms with Crippen molar-refractivity contribution in [3.05, 3.63) is 18.2 Å². The number of aromatic nitrogens is 2. The summed E-state index contributed by atoms with van der Waals surface area (Å²) in [6, 6.07) is 0. The third-order valence-electron chi connectivity index (χ3n) is 3.62. The van der Waals surface area contributed by atoms with Crippen LogP contribution in [0.15, 0.2) is 12.4 Å². The molecule has 1 aromatic heterocycles. The maximum atomic E-state index is 4.35. The predicted molar refractivity (Wildman–Crippen MR) is 50.4 cm³/mol. The second-order valence-electron chi connectivity index (χ2n) is 4.23. The highest BCUT2D eigenvalue weighted by Crippen LogP contribution is 2.48. The van der Waals surface area contributed by atoms with Gasteiger partial charge in [-0.3, -0.25) is 0 Å². The van der Waals surface area contributed by atoms with E-state index < -0.39 is 0 Å². The highest BCUT2D eigenvalue weighted by molar-refractivity contribution is 5.09. The molecule has 0 bridgehead atoms. The molecule has 13 heavy (non-hydrogen) atoms. The fourth-order valence-electron chi connectivity index (χ4n) is 2.80. The Hall–Kier alpha value is -0.830. The van der Waals surface area contributed by atoms with Gasteiger partial charge < -0.3 is 10.3 Å². The fraction of sp³-hybridized carbons (Fsp3) is 0.700. The van der Waals surface area contributed by atoms with Crippen molar-refractivity contribution in [2.75, 3.05) is 13.1 Å². The molecule has 1 saturated carbocycles. The molecule has 70 valence electrons. The summed E-state index contributed by atoms with van der Waals surface area (Å²) in [5.74, 6) is 3.72. The summed E-state index contributed by atoms with van der Waals surface area (Å²) in [6.07, 6.45) is 6.50. The molecular weight excluding hydrogens is 162 g/mol. The molecule has 3 heteroatoms. The molecule has 0 aromatic carbocycles. The van der Waals surface area contributed by atoms with Crippen molar-refractivity contribution < 1.29 is 0 Å². The van der Waals surface area contributed by atoms with Gasteiger partial charge in [-0.05, 0) is 37.8 Å². The van der Waals surface area contributed by atoms with Crippen LogP contribution in [0.1, 0.15) is 24.6 Å². The van der Waals surface area contributed by atoms with Crippen LogP contribution in [-0.2, 0) is 0 Å². The molecule has 2 heterocycles. The average molecular weight is 177 g/mol. The normalized spacial score (nSPS) is 38.0. The number of imidazole rings is 1. The van der Waals surface area contributed by atoms with Crippen molar-refractivity contribution >= 4 is 0 Å². The van der Waals surface area contributed by atoms with Crippen LogP contribution < -0.4 is 5.32 Å². The van der Waals surface area contributed by atoms with Crippen LogP contribution in [0.3, 0.4) is 0 Å². The van der Waals surface area contributed by atoms with Crippen LogP contribution in [0.5, 0.6) is 0 Å². The van der Waals surface area contributed by atoms with Crippen molar-refractivity contribution in [2.24, 2.45) is 11.8 Å². The minimum atomic E-state index is 0.702. The number of H-pyrrole nitrogens is 1. The van der Waals surface area contributed by atoms with Gasteiger partial charge in [0.25, 0.3) is 0 Å². The van der Waals surface area contributed by atoms with Crippen LogP contribution in [0, 0.1) is 11.8 Å². The van der Waals surface area contributed by atoms with E-state index in [4.69, 9.17) is 0 Å². The van der Waals surface area contributed by atoms with Crippen LogP contribution in [0.4, 0.5) is 0 Å². The number of nitrogens with zero attached hydrogens (tertiary/aromatic N) is 1. The van der Waals surface area contributed by atoms with E-state index >= 15 is 0 Å². The van der Waals surface area contributed by atoms with E-state index in [9.17, 15) is 0 Å². The summed E-state index contributed by atoms with van der Waals surface area (Å²) < 4.78 is 0. The topological polar surface area (TPSA) is 40.7 Å². The average Bonchev–Trinajstić information content (AvgIpc) is 2.60. The van der Waals surface area contributed by atoms with Crippen molar-refractivity contribution in [3.63, 3.8) is 0 Å². The van der Waals surface area contributed by atoms with Gasteiger partial charge in [0, 0.05) is 18.3 Å². The smallest absolute Gasteiger partial charge is 0.109 e.